The molecule has 120 valence electrons. The molecule has 0 radical (unpaired) electrons. The van der Waals surface area contributed by atoms with Crippen LogP contribution in [-0.2, 0) is 10.0 Å². The Bertz CT molecular complexity index is 883. The number of nitrogens with one attached hydrogen (secondary N) is 1. The fourth-order valence-electron chi connectivity index (χ4n) is 2.07. The van der Waals surface area contributed by atoms with Gasteiger partial charge in [0, 0.05) is 9.92 Å². The zero-order chi connectivity index (χ0) is 17.2. The van der Waals surface area contributed by atoms with Crippen molar-refractivity contribution in [3.63, 3.8) is 0 Å². The summed E-state index contributed by atoms with van der Waals surface area (Å²) in [7, 11) is -3.87. The summed E-state index contributed by atoms with van der Waals surface area (Å²) < 4.78 is 27.7. The maximum absolute atomic E-state index is 12.6. The first-order valence-corrected chi connectivity index (χ1v) is 9.45. The van der Waals surface area contributed by atoms with Crippen LogP contribution in [0.1, 0.15) is 11.1 Å². The van der Waals surface area contributed by atoms with Gasteiger partial charge in [-0.3, -0.25) is 4.72 Å². The van der Waals surface area contributed by atoms with Crippen LogP contribution in [0.15, 0.2) is 40.1 Å². The summed E-state index contributed by atoms with van der Waals surface area (Å²) in [6.07, 6.45) is 0. The van der Waals surface area contributed by atoms with Crippen molar-refractivity contribution in [3.05, 3.63) is 51.5 Å². The highest BCUT2D eigenvalue weighted by Gasteiger charge is 2.20. The molecule has 0 spiro atoms. The molecule has 0 aromatic heterocycles. The lowest BCUT2D eigenvalue weighted by Gasteiger charge is -2.15. The smallest absolute Gasteiger partial charge is 0.263 e. The molecule has 0 bridgehead atoms. The predicted molar refractivity (Wildman–Crippen MR) is 94.7 cm³/mol. The summed E-state index contributed by atoms with van der Waals surface area (Å²) >= 11 is 12.9. The third-order valence-electron chi connectivity index (χ3n) is 3.09. The van der Waals surface area contributed by atoms with Gasteiger partial charge in [0.05, 0.1) is 10.7 Å². The van der Waals surface area contributed by atoms with Gasteiger partial charge in [0.1, 0.15) is 10.3 Å². The van der Waals surface area contributed by atoms with Gasteiger partial charge in [0.2, 0.25) is 0 Å². The number of thioether (sulfide) groups is 1. The van der Waals surface area contributed by atoms with Gasteiger partial charge in [0.15, 0.2) is 0 Å². The zero-order valence-electron chi connectivity index (χ0n) is 12.2. The Morgan fingerprint density at radius 3 is 2.30 bits per heavy atom. The van der Waals surface area contributed by atoms with Crippen molar-refractivity contribution < 1.29 is 8.42 Å². The number of rotatable bonds is 4. The van der Waals surface area contributed by atoms with Crippen LogP contribution >= 0.6 is 35.0 Å². The molecule has 0 atom stereocenters. The Morgan fingerprint density at radius 2 is 1.74 bits per heavy atom. The van der Waals surface area contributed by atoms with Crippen LogP contribution in [0.2, 0.25) is 10.0 Å². The lowest BCUT2D eigenvalue weighted by molar-refractivity contribution is 0.601. The Hall–Kier alpha value is -1.39. The summed E-state index contributed by atoms with van der Waals surface area (Å²) in [5.41, 5.74) is 1.89. The van der Waals surface area contributed by atoms with Gasteiger partial charge >= 0.3 is 0 Å². The van der Waals surface area contributed by atoms with Crippen molar-refractivity contribution in [2.75, 3.05) is 4.72 Å². The highest BCUT2D eigenvalue weighted by atomic mass is 35.5. The first kappa shape index (κ1) is 18.0. The largest absolute Gasteiger partial charge is 0.279 e. The van der Waals surface area contributed by atoms with Crippen molar-refractivity contribution in [2.24, 2.45) is 0 Å². The summed E-state index contributed by atoms with van der Waals surface area (Å²) in [5.74, 6) is 0. The van der Waals surface area contributed by atoms with E-state index < -0.39 is 10.0 Å². The first-order chi connectivity index (χ1) is 10.7. The predicted octanol–water partition coefficient (Wildman–Crippen LogP) is 4.98. The first-order valence-electron chi connectivity index (χ1n) is 6.39. The van der Waals surface area contributed by atoms with Gasteiger partial charge in [-0.2, -0.15) is 5.26 Å². The van der Waals surface area contributed by atoms with Gasteiger partial charge in [-0.05, 0) is 67.1 Å². The van der Waals surface area contributed by atoms with Crippen LogP contribution in [0, 0.1) is 24.5 Å². The SMILES string of the molecule is Cc1cc(SC#N)cc(C)c1NS(=O)(=O)c1cc(Cl)ccc1Cl. The minimum atomic E-state index is -3.87. The summed E-state index contributed by atoms with van der Waals surface area (Å²) in [6.45, 7) is 3.54. The molecule has 0 amide bonds. The van der Waals surface area contributed by atoms with Crippen molar-refractivity contribution in [2.45, 2.75) is 23.6 Å². The third kappa shape index (κ3) is 4.12. The molecule has 2 aromatic carbocycles. The minimum Gasteiger partial charge on any atom is -0.279 e. The number of nitriles is 1. The normalized spacial score (nSPS) is 11.1. The Labute approximate surface area is 149 Å². The monoisotopic (exact) mass is 386 g/mol. The molecule has 0 unspecified atom stereocenters. The summed E-state index contributed by atoms with van der Waals surface area (Å²) in [5, 5.41) is 11.1. The van der Waals surface area contributed by atoms with Gasteiger partial charge in [-0.1, -0.05) is 23.2 Å². The number of sulfonamides is 1. The maximum atomic E-state index is 12.6. The number of benzene rings is 2. The van der Waals surface area contributed by atoms with Crippen LogP contribution < -0.4 is 4.72 Å². The van der Waals surface area contributed by atoms with E-state index in [0.717, 1.165) is 16.7 Å². The molecule has 0 saturated heterocycles. The molecule has 8 heteroatoms. The standard InChI is InChI=1S/C15H12Cl2N2O2S2/c1-9-5-12(22-8-18)6-10(2)15(9)19-23(20,21)14-7-11(16)3-4-13(14)17/h3-7,19H,1-2H3. The topological polar surface area (TPSA) is 70.0 Å². The molecule has 4 nitrogen and oxygen atoms in total. The molecular formula is C15H12Cl2N2O2S2. The summed E-state index contributed by atoms with van der Waals surface area (Å²) in [6, 6.07) is 7.76. The minimum absolute atomic E-state index is 0.0825. The fraction of sp³-hybridized carbons (Fsp3) is 0.133. The van der Waals surface area contributed by atoms with E-state index in [2.05, 4.69) is 4.72 Å². The second-order valence-corrected chi connectivity index (χ2v) is 8.16. The number of anilines is 1. The number of nitrogens with zero attached hydrogens (tertiary/aromatic N) is 1. The Balaban J connectivity index is 2.46. The van der Waals surface area contributed by atoms with Gasteiger partial charge < -0.3 is 0 Å². The number of halogens is 2. The number of thiocyanates is 1. The van der Waals surface area contributed by atoms with Crippen LogP contribution in [0.3, 0.4) is 0 Å². The number of hydrogen-bond donors (Lipinski definition) is 1. The van der Waals surface area contributed by atoms with Crippen LogP contribution in [0.25, 0.3) is 0 Å². The molecule has 1 N–H and O–H groups in total. The molecule has 0 aliphatic heterocycles. The molecular weight excluding hydrogens is 375 g/mol. The lowest BCUT2D eigenvalue weighted by Crippen LogP contribution is -2.15. The second-order valence-electron chi connectivity index (χ2n) is 4.81. The van der Waals surface area contributed by atoms with Crippen molar-refractivity contribution >= 4 is 50.7 Å². The fourth-order valence-corrected chi connectivity index (χ4v) is 4.61. The van der Waals surface area contributed by atoms with Gasteiger partial charge in [0.25, 0.3) is 10.0 Å². The molecule has 2 aromatic rings. The van der Waals surface area contributed by atoms with Crippen LogP contribution in [0.4, 0.5) is 5.69 Å². The molecule has 0 aliphatic carbocycles. The van der Waals surface area contributed by atoms with E-state index in [4.69, 9.17) is 28.5 Å². The Morgan fingerprint density at radius 1 is 1.13 bits per heavy atom. The maximum Gasteiger partial charge on any atom is 0.263 e. The van der Waals surface area contributed by atoms with E-state index in [1.54, 1.807) is 26.0 Å². The molecule has 0 heterocycles. The lowest BCUT2D eigenvalue weighted by atomic mass is 10.1. The second kappa shape index (κ2) is 7.02. The van der Waals surface area contributed by atoms with E-state index in [-0.39, 0.29) is 14.9 Å². The van der Waals surface area contributed by atoms with E-state index in [1.807, 2.05) is 5.40 Å². The number of aryl methyl sites for hydroxylation is 2. The van der Waals surface area contributed by atoms with E-state index in [9.17, 15) is 8.42 Å². The molecule has 2 rings (SSSR count). The summed E-state index contributed by atoms with van der Waals surface area (Å²) in [4.78, 5) is 0.673. The van der Waals surface area contributed by atoms with Crippen molar-refractivity contribution in [1.82, 2.24) is 0 Å². The van der Waals surface area contributed by atoms with Crippen molar-refractivity contribution in [3.8, 4) is 5.40 Å². The third-order valence-corrected chi connectivity index (χ3v) is 5.72. The highest BCUT2D eigenvalue weighted by molar-refractivity contribution is 8.03. The van der Waals surface area contributed by atoms with Gasteiger partial charge in [-0.15, -0.1) is 0 Å². The average molecular weight is 387 g/mol. The quantitative estimate of drug-likeness (QED) is 0.593. The van der Waals surface area contributed by atoms with E-state index in [0.29, 0.717) is 16.8 Å². The average Bonchev–Trinajstić information content (AvgIpc) is 2.46. The Kier molecular flexibility index (Phi) is 5.48. The molecule has 0 fully saturated rings. The molecule has 0 saturated carbocycles. The van der Waals surface area contributed by atoms with E-state index in [1.165, 1.54) is 18.2 Å². The van der Waals surface area contributed by atoms with Crippen molar-refractivity contribution in [1.29, 1.82) is 5.26 Å². The highest BCUT2D eigenvalue weighted by Crippen LogP contribution is 2.31. The van der Waals surface area contributed by atoms with E-state index >= 15 is 0 Å². The molecule has 0 aliphatic rings. The molecule has 23 heavy (non-hydrogen) atoms. The number of hydrogen-bond acceptors (Lipinski definition) is 4. The zero-order valence-corrected chi connectivity index (χ0v) is 15.4. The van der Waals surface area contributed by atoms with Crippen LogP contribution in [0.5, 0.6) is 0 Å². The van der Waals surface area contributed by atoms with Crippen LogP contribution in [-0.4, -0.2) is 8.42 Å². The van der Waals surface area contributed by atoms with Gasteiger partial charge in [-0.25, -0.2) is 8.42 Å².